The first-order chi connectivity index (χ1) is 11.7. The van der Waals surface area contributed by atoms with Gasteiger partial charge in [-0.05, 0) is 48.3 Å². The average Bonchev–Trinajstić information content (AvgIpc) is 2.97. The summed E-state index contributed by atoms with van der Waals surface area (Å²) in [5, 5.41) is 10.8. The third kappa shape index (κ3) is 2.74. The molecule has 0 unspecified atom stereocenters. The number of aromatic nitrogens is 1. The number of aliphatic carboxylic acids is 1. The highest BCUT2D eigenvalue weighted by molar-refractivity contribution is 5.89. The van der Waals surface area contributed by atoms with Crippen LogP contribution in [0.3, 0.4) is 0 Å². The van der Waals surface area contributed by atoms with Gasteiger partial charge in [-0.25, -0.2) is 4.39 Å². The van der Waals surface area contributed by atoms with Crippen LogP contribution in [-0.4, -0.2) is 33.5 Å². The molecule has 134 valence electrons. The maximum Gasteiger partial charge on any atom is 0.325 e. The summed E-state index contributed by atoms with van der Waals surface area (Å²) in [4.78, 5) is 17.4. The Hall–Kier alpha value is -1.88. The van der Waals surface area contributed by atoms with Gasteiger partial charge in [-0.15, -0.1) is 0 Å². The summed E-state index contributed by atoms with van der Waals surface area (Å²) in [7, 11) is 0. The highest BCUT2D eigenvalue weighted by Gasteiger charge is 2.52. The van der Waals surface area contributed by atoms with Gasteiger partial charge >= 0.3 is 5.97 Å². The van der Waals surface area contributed by atoms with Crippen molar-refractivity contribution >= 4 is 16.9 Å². The zero-order valence-electron chi connectivity index (χ0n) is 15.0. The lowest BCUT2D eigenvalue weighted by Crippen LogP contribution is -2.39. The Balaban J connectivity index is 1.76. The molecular weight excluding hydrogens is 319 g/mol. The molecule has 2 fully saturated rings. The molecular formula is C20H25FN2O2. The monoisotopic (exact) mass is 344 g/mol. The zero-order chi connectivity index (χ0) is 18.0. The van der Waals surface area contributed by atoms with E-state index in [0.29, 0.717) is 5.52 Å². The number of hydrogen-bond donors (Lipinski definition) is 2. The number of hydrogen-bond acceptors (Lipinski definition) is 2. The molecule has 1 aliphatic heterocycles. The van der Waals surface area contributed by atoms with E-state index < -0.39 is 12.0 Å². The van der Waals surface area contributed by atoms with E-state index in [-0.39, 0.29) is 22.7 Å². The van der Waals surface area contributed by atoms with Crippen LogP contribution >= 0.6 is 0 Å². The van der Waals surface area contributed by atoms with Crippen molar-refractivity contribution < 1.29 is 14.3 Å². The SMILES string of the molecule is CC1(C)C[C@H]2C[C@@](C)(CN2[C@H](C(=O)O)c2c[nH]c3cc(F)ccc23)C1. The predicted octanol–water partition coefficient (Wildman–Crippen LogP) is 4.33. The molecule has 2 bridgehead atoms. The van der Waals surface area contributed by atoms with Crippen LogP contribution < -0.4 is 0 Å². The van der Waals surface area contributed by atoms with Crippen molar-refractivity contribution in [3.05, 3.63) is 35.8 Å². The first-order valence-corrected chi connectivity index (χ1v) is 8.93. The van der Waals surface area contributed by atoms with Crippen LogP contribution in [0.15, 0.2) is 24.4 Å². The van der Waals surface area contributed by atoms with Crippen LogP contribution in [0.5, 0.6) is 0 Å². The third-order valence-corrected chi connectivity index (χ3v) is 5.99. The Morgan fingerprint density at radius 2 is 2.12 bits per heavy atom. The number of carboxylic acid groups (broad SMARTS) is 1. The summed E-state index contributed by atoms with van der Waals surface area (Å²) in [5.41, 5.74) is 1.78. The standard InChI is InChI=1S/C20H25FN2O2/c1-19(2)7-13-8-20(3,10-19)11-23(13)17(18(24)25)15-9-22-16-6-12(21)4-5-14(15)16/h4-6,9,13,17,22H,7-8,10-11H2,1-3H3,(H,24,25)/t13-,17-,20+/m0/s1. The van der Waals surface area contributed by atoms with E-state index in [1.165, 1.54) is 12.1 Å². The van der Waals surface area contributed by atoms with Crippen molar-refractivity contribution in [2.24, 2.45) is 10.8 Å². The summed E-state index contributed by atoms with van der Waals surface area (Å²) in [6.07, 6.45) is 4.93. The van der Waals surface area contributed by atoms with E-state index in [1.807, 2.05) is 0 Å². The van der Waals surface area contributed by atoms with Gasteiger partial charge in [0.1, 0.15) is 11.9 Å². The number of carbonyl (C=O) groups is 1. The Morgan fingerprint density at radius 1 is 1.36 bits per heavy atom. The van der Waals surface area contributed by atoms with E-state index in [1.54, 1.807) is 12.3 Å². The van der Waals surface area contributed by atoms with Gasteiger partial charge in [-0.2, -0.15) is 0 Å². The fraction of sp³-hybridized carbons (Fsp3) is 0.550. The second kappa shape index (κ2) is 5.31. The molecule has 2 aromatic rings. The maximum atomic E-state index is 13.5. The molecule has 2 heterocycles. The minimum Gasteiger partial charge on any atom is -0.480 e. The number of likely N-dealkylation sites (tertiary alicyclic amines) is 1. The van der Waals surface area contributed by atoms with Crippen molar-refractivity contribution in [2.45, 2.75) is 52.1 Å². The van der Waals surface area contributed by atoms with Crippen molar-refractivity contribution in [3.8, 4) is 0 Å². The fourth-order valence-electron chi connectivity index (χ4n) is 5.61. The van der Waals surface area contributed by atoms with E-state index in [4.69, 9.17) is 0 Å². The molecule has 0 radical (unpaired) electrons. The number of nitrogens with zero attached hydrogens (tertiary/aromatic N) is 1. The number of benzene rings is 1. The smallest absolute Gasteiger partial charge is 0.325 e. The highest BCUT2D eigenvalue weighted by Crippen LogP contribution is 2.54. The summed E-state index contributed by atoms with van der Waals surface area (Å²) < 4.78 is 13.5. The van der Waals surface area contributed by atoms with Crippen LogP contribution in [0.4, 0.5) is 4.39 Å². The molecule has 5 heteroatoms. The molecule has 0 spiro atoms. The molecule has 4 nitrogen and oxygen atoms in total. The van der Waals surface area contributed by atoms with Crippen LogP contribution in [0, 0.1) is 16.6 Å². The molecule has 3 atom stereocenters. The number of fused-ring (bicyclic) bond motifs is 3. The minimum atomic E-state index is -0.834. The van der Waals surface area contributed by atoms with Gasteiger partial charge in [0.15, 0.2) is 0 Å². The molecule has 1 aromatic heterocycles. The van der Waals surface area contributed by atoms with Crippen molar-refractivity contribution in [1.82, 2.24) is 9.88 Å². The number of halogens is 1. The molecule has 2 N–H and O–H groups in total. The Morgan fingerprint density at radius 3 is 2.84 bits per heavy atom. The van der Waals surface area contributed by atoms with Crippen molar-refractivity contribution in [3.63, 3.8) is 0 Å². The van der Waals surface area contributed by atoms with Crippen molar-refractivity contribution in [2.75, 3.05) is 6.54 Å². The first-order valence-electron chi connectivity index (χ1n) is 8.93. The van der Waals surface area contributed by atoms with E-state index in [0.717, 1.165) is 36.8 Å². The topological polar surface area (TPSA) is 56.3 Å². The molecule has 1 saturated heterocycles. The van der Waals surface area contributed by atoms with Gasteiger partial charge in [0.05, 0.1) is 0 Å². The Kier molecular flexibility index (Phi) is 3.52. The van der Waals surface area contributed by atoms with Crippen LogP contribution in [0.25, 0.3) is 10.9 Å². The van der Waals surface area contributed by atoms with Gasteiger partial charge in [-0.3, -0.25) is 9.69 Å². The lowest BCUT2D eigenvalue weighted by Gasteiger charge is -2.40. The third-order valence-electron chi connectivity index (χ3n) is 5.99. The molecule has 1 aliphatic carbocycles. The predicted molar refractivity (Wildman–Crippen MR) is 94.9 cm³/mol. The van der Waals surface area contributed by atoms with Crippen LogP contribution in [0.2, 0.25) is 0 Å². The van der Waals surface area contributed by atoms with E-state index >= 15 is 0 Å². The molecule has 4 rings (SSSR count). The summed E-state index contributed by atoms with van der Waals surface area (Å²) in [6.45, 7) is 7.65. The van der Waals surface area contributed by atoms with E-state index in [9.17, 15) is 14.3 Å². The number of nitrogens with one attached hydrogen (secondary N) is 1. The van der Waals surface area contributed by atoms with Gasteiger partial charge in [0, 0.05) is 35.2 Å². The molecule has 25 heavy (non-hydrogen) atoms. The van der Waals surface area contributed by atoms with Gasteiger partial charge in [0.2, 0.25) is 0 Å². The summed E-state index contributed by atoms with van der Waals surface area (Å²) in [5.74, 6) is -1.15. The molecule has 2 aliphatic rings. The molecule has 1 saturated carbocycles. The summed E-state index contributed by atoms with van der Waals surface area (Å²) >= 11 is 0. The second-order valence-electron chi connectivity index (χ2n) is 9.06. The second-order valence-corrected chi connectivity index (χ2v) is 9.06. The van der Waals surface area contributed by atoms with Crippen LogP contribution in [-0.2, 0) is 4.79 Å². The average molecular weight is 344 g/mol. The highest BCUT2D eigenvalue weighted by atomic mass is 19.1. The number of aromatic amines is 1. The zero-order valence-corrected chi connectivity index (χ0v) is 15.0. The lowest BCUT2D eigenvalue weighted by molar-refractivity contribution is -0.144. The fourth-order valence-corrected chi connectivity index (χ4v) is 5.61. The van der Waals surface area contributed by atoms with Gasteiger partial charge in [0.25, 0.3) is 0 Å². The Labute approximate surface area is 147 Å². The Bertz CT molecular complexity index is 843. The van der Waals surface area contributed by atoms with E-state index in [2.05, 4.69) is 30.7 Å². The number of rotatable bonds is 3. The number of H-pyrrole nitrogens is 1. The van der Waals surface area contributed by atoms with Gasteiger partial charge in [-0.1, -0.05) is 20.8 Å². The quantitative estimate of drug-likeness (QED) is 0.871. The summed E-state index contributed by atoms with van der Waals surface area (Å²) in [6, 6.07) is 4.08. The van der Waals surface area contributed by atoms with Crippen molar-refractivity contribution in [1.29, 1.82) is 0 Å². The number of carboxylic acids is 1. The normalized spacial score (nSPS) is 29.8. The molecule has 0 amide bonds. The minimum absolute atomic E-state index is 0.165. The lowest BCUT2D eigenvalue weighted by atomic mass is 9.65. The largest absolute Gasteiger partial charge is 0.480 e. The van der Waals surface area contributed by atoms with Crippen LogP contribution in [0.1, 0.15) is 51.6 Å². The first kappa shape index (κ1) is 16.6. The van der Waals surface area contributed by atoms with Gasteiger partial charge < -0.3 is 10.1 Å². The molecule has 1 aromatic carbocycles. The maximum absolute atomic E-state index is 13.5.